The number of aromatic nitrogens is 1. The summed E-state index contributed by atoms with van der Waals surface area (Å²) in [6.45, 7) is 1.94. The maximum atomic E-state index is 12.6. The van der Waals surface area contributed by atoms with Crippen LogP contribution in [0.5, 0.6) is 0 Å². The van der Waals surface area contributed by atoms with Crippen molar-refractivity contribution in [1.82, 2.24) is 15.6 Å². The smallest absolute Gasteiger partial charge is 0.270 e. The number of nitrogens with one attached hydrogen (secondary N) is 2. The molecule has 1 aromatic heterocycles. The first-order valence-corrected chi connectivity index (χ1v) is 9.76. The molecule has 2 aromatic rings. The minimum Gasteiger partial charge on any atom is -0.348 e. The number of amides is 2. The lowest BCUT2D eigenvalue weighted by molar-refractivity contribution is 0.0928. The molecule has 1 unspecified atom stereocenters. The minimum atomic E-state index is -0.211. The number of rotatable bonds is 5. The Morgan fingerprint density at radius 3 is 2.41 bits per heavy atom. The lowest BCUT2D eigenvalue weighted by atomic mass is 10.1. The van der Waals surface area contributed by atoms with Crippen LogP contribution in [0.1, 0.15) is 77.9 Å². The molecule has 1 heterocycles. The van der Waals surface area contributed by atoms with Gasteiger partial charge in [0, 0.05) is 17.8 Å². The first kappa shape index (κ1) is 19.1. The molecule has 0 bridgehead atoms. The normalized spacial score (nSPS) is 16.2. The molecule has 2 amide bonds. The standard InChI is InChI=1S/C22H27N3O2/c1-16(17-9-5-4-6-10-17)24-21(26)18-13-14-23-20(15-18)22(27)25-19-11-7-2-3-8-12-19/h4-6,9-10,13-16,19H,2-3,7-8,11-12H2,1H3,(H,24,26)(H,25,27). The van der Waals surface area contributed by atoms with Crippen LogP contribution >= 0.6 is 0 Å². The molecule has 0 radical (unpaired) electrons. The van der Waals surface area contributed by atoms with E-state index in [4.69, 9.17) is 0 Å². The van der Waals surface area contributed by atoms with Crippen LogP contribution in [0.4, 0.5) is 0 Å². The minimum absolute atomic E-state index is 0.116. The Kier molecular flexibility index (Phi) is 6.58. The van der Waals surface area contributed by atoms with Crippen LogP contribution in [0.3, 0.4) is 0 Å². The Bertz CT molecular complexity index is 768. The molecule has 1 aliphatic rings. The van der Waals surface area contributed by atoms with Crippen molar-refractivity contribution in [2.24, 2.45) is 0 Å². The lowest BCUT2D eigenvalue weighted by Crippen LogP contribution is -2.35. The third kappa shape index (κ3) is 5.39. The Labute approximate surface area is 160 Å². The number of carbonyl (C=O) groups excluding carboxylic acids is 2. The number of hydrogen-bond acceptors (Lipinski definition) is 3. The second-order valence-corrected chi connectivity index (χ2v) is 7.20. The van der Waals surface area contributed by atoms with E-state index in [9.17, 15) is 9.59 Å². The highest BCUT2D eigenvalue weighted by Crippen LogP contribution is 2.18. The van der Waals surface area contributed by atoms with Crippen LogP contribution in [0.25, 0.3) is 0 Å². The van der Waals surface area contributed by atoms with Gasteiger partial charge in [0.25, 0.3) is 11.8 Å². The molecule has 1 atom stereocenters. The van der Waals surface area contributed by atoms with Crippen LogP contribution in [0.2, 0.25) is 0 Å². The van der Waals surface area contributed by atoms with E-state index in [1.807, 2.05) is 37.3 Å². The fourth-order valence-corrected chi connectivity index (χ4v) is 3.48. The van der Waals surface area contributed by atoms with Crippen molar-refractivity contribution < 1.29 is 9.59 Å². The van der Waals surface area contributed by atoms with Crippen LogP contribution < -0.4 is 10.6 Å². The topological polar surface area (TPSA) is 71.1 Å². The second kappa shape index (κ2) is 9.31. The maximum Gasteiger partial charge on any atom is 0.270 e. The third-order valence-corrected chi connectivity index (χ3v) is 5.09. The Balaban J connectivity index is 1.63. The second-order valence-electron chi connectivity index (χ2n) is 7.20. The predicted octanol–water partition coefficient (Wildman–Crippen LogP) is 4.03. The summed E-state index contributed by atoms with van der Waals surface area (Å²) in [7, 11) is 0. The first-order valence-electron chi connectivity index (χ1n) is 9.76. The highest BCUT2D eigenvalue weighted by atomic mass is 16.2. The van der Waals surface area contributed by atoms with E-state index in [1.54, 1.807) is 12.1 Å². The molecular weight excluding hydrogens is 338 g/mol. The van der Waals surface area contributed by atoms with Gasteiger partial charge in [-0.05, 0) is 37.5 Å². The summed E-state index contributed by atoms with van der Waals surface area (Å²) >= 11 is 0. The van der Waals surface area contributed by atoms with Gasteiger partial charge in [-0.1, -0.05) is 56.0 Å². The van der Waals surface area contributed by atoms with Gasteiger partial charge in [-0.25, -0.2) is 0 Å². The van der Waals surface area contributed by atoms with Crippen molar-refractivity contribution >= 4 is 11.8 Å². The molecule has 27 heavy (non-hydrogen) atoms. The SMILES string of the molecule is CC(NC(=O)c1ccnc(C(=O)NC2CCCCCC2)c1)c1ccccc1. The fourth-order valence-electron chi connectivity index (χ4n) is 3.48. The average Bonchev–Trinajstić information content (AvgIpc) is 2.97. The molecule has 2 N–H and O–H groups in total. The molecule has 0 aliphatic heterocycles. The number of benzene rings is 1. The Morgan fingerprint density at radius 2 is 1.70 bits per heavy atom. The maximum absolute atomic E-state index is 12.6. The van der Waals surface area contributed by atoms with Gasteiger partial charge >= 0.3 is 0 Å². The monoisotopic (exact) mass is 365 g/mol. The summed E-state index contributed by atoms with van der Waals surface area (Å²) in [5.74, 6) is -0.412. The van der Waals surface area contributed by atoms with Crippen molar-refractivity contribution in [2.75, 3.05) is 0 Å². The zero-order chi connectivity index (χ0) is 19.1. The van der Waals surface area contributed by atoms with Gasteiger partial charge in [0.15, 0.2) is 0 Å². The van der Waals surface area contributed by atoms with E-state index < -0.39 is 0 Å². The summed E-state index contributed by atoms with van der Waals surface area (Å²) in [5, 5.41) is 6.04. The Morgan fingerprint density at radius 1 is 1.00 bits per heavy atom. The molecule has 1 fully saturated rings. The van der Waals surface area contributed by atoms with Crippen molar-refractivity contribution in [3.05, 3.63) is 65.5 Å². The van der Waals surface area contributed by atoms with Gasteiger partial charge in [0.05, 0.1) is 6.04 Å². The van der Waals surface area contributed by atoms with Gasteiger partial charge in [0.2, 0.25) is 0 Å². The highest BCUT2D eigenvalue weighted by Gasteiger charge is 2.18. The average molecular weight is 365 g/mol. The number of hydrogen-bond donors (Lipinski definition) is 2. The molecular formula is C22H27N3O2. The van der Waals surface area contributed by atoms with Crippen molar-refractivity contribution in [2.45, 2.75) is 57.5 Å². The number of pyridine rings is 1. The molecule has 1 aromatic carbocycles. The van der Waals surface area contributed by atoms with Crippen molar-refractivity contribution in [3.8, 4) is 0 Å². The first-order chi connectivity index (χ1) is 13.1. The zero-order valence-electron chi connectivity index (χ0n) is 15.8. The molecule has 142 valence electrons. The van der Waals surface area contributed by atoms with Crippen LogP contribution in [-0.4, -0.2) is 22.8 Å². The van der Waals surface area contributed by atoms with Crippen molar-refractivity contribution in [3.63, 3.8) is 0 Å². The van der Waals surface area contributed by atoms with Gasteiger partial charge < -0.3 is 10.6 Å². The summed E-state index contributed by atoms with van der Waals surface area (Å²) < 4.78 is 0. The largest absolute Gasteiger partial charge is 0.348 e. The molecule has 0 spiro atoms. The highest BCUT2D eigenvalue weighted by molar-refractivity contribution is 5.98. The zero-order valence-corrected chi connectivity index (χ0v) is 15.8. The lowest BCUT2D eigenvalue weighted by Gasteiger charge is -2.16. The van der Waals surface area contributed by atoms with E-state index in [0.29, 0.717) is 11.3 Å². The summed E-state index contributed by atoms with van der Waals surface area (Å²) in [6, 6.07) is 13.1. The molecule has 5 nitrogen and oxygen atoms in total. The van der Waals surface area contributed by atoms with Gasteiger partial charge in [0.1, 0.15) is 5.69 Å². The summed E-state index contributed by atoms with van der Waals surface area (Å²) in [4.78, 5) is 29.3. The van der Waals surface area contributed by atoms with Gasteiger partial charge in [-0.15, -0.1) is 0 Å². The van der Waals surface area contributed by atoms with E-state index >= 15 is 0 Å². The quantitative estimate of drug-likeness (QED) is 0.786. The summed E-state index contributed by atoms with van der Waals surface area (Å²) in [5.41, 5.74) is 1.77. The van der Waals surface area contributed by atoms with E-state index in [1.165, 1.54) is 19.0 Å². The van der Waals surface area contributed by atoms with Gasteiger partial charge in [-0.3, -0.25) is 14.6 Å². The van der Waals surface area contributed by atoms with E-state index in [-0.39, 0.29) is 23.9 Å². The number of carbonyl (C=O) groups is 2. The van der Waals surface area contributed by atoms with Crippen molar-refractivity contribution in [1.29, 1.82) is 0 Å². The van der Waals surface area contributed by atoms with Gasteiger partial charge in [-0.2, -0.15) is 0 Å². The molecule has 0 saturated heterocycles. The molecule has 1 saturated carbocycles. The summed E-state index contributed by atoms with van der Waals surface area (Å²) in [6.07, 6.45) is 8.32. The molecule has 3 rings (SSSR count). The van der Waals surface area contributed by atoms with Crippen LogP contribution in [0, 0.1) is 0 Å². The van der Waals surface area contributed by atoms with E-state index in [2.05, 4.69) is 15.6 Å². The predicted molar refractivity (Wildman–Crippen MR) is 106 cm³/mol. The van der Waals surface area contributed by atoms with E-state index in [0.717, 1.165) is 31.2 Å². The number of nitrogens with zero attached hydrogens (tertiary/aromatic N) is 1. The van der Waals surface area contributed by atoms with Crippen LogP contribution in [0.15, 0.2) is 48.7 Å². The third-order valence-electron chi connectivity index (χ3n) is 5.09. The van der Waals surface area contributed by atoms with Crippen LogP contribution in [-0.2, 0) is 0 Å². The molecule has 1 aliphatic carbocycles. The molecule has 5 heteroatoms. The Hall–Kier alpha value is -2.69. The fraction of sp³-hybridized carbons (Fsp3) is 0.409.